The van der Waals surface area contributed by atoms with Gasteiger partial charge in [-0.2, -0.15) is 23.4 Å². The first-order valence-corrected chi connectivity index (χ1v) is 14.1. The second-order valence-electron chi connectivity index (χ2n) is 10.4. The first kappa shape index (κ1) is 29.6. The van der Waals surface area contributed by atoms with Gasteiger partial charge in [0.15, 0.2) is 0 Å². The van der Waals surface area contributed by atoms with Gasteiger partial charge in [0.1, 0.15) is 11.6 Å². The number of carbonyl (C=O) groups is 1. The molecule has 8 nitrogen and oxygen atoms in total. The van der Waals surface area contributed by atoms with Gasteiger partial charge in [0, 0.05) is 59.4 Å². The number of nitrogens with zero attached hydrogens (tertiary/aromatic N) is 5. The number of carbonyl (C=O) groups excluding carboxylic acids is 1. The van der Waals surface area contributed by atoms with Crippen molar-refractivity contribution in [3.8, 4) is 17.2 Å². The number of halogens is 4. The standard InChI is InChI=1S/C29H27F4N5O3S/c1-5-23(39)38-15(2)11-36(12-16(38)3)27-21-9-22(29(31,32)33)24(20-7-6-18(30)8-17(20)10-34)26-25(21)37(28(40)35-27)13-19(41-4)14-42-26/h5-9,15-16,19H,1,11-14H2,2-4H3/t15-,16+,19-/m0/s1. The lowest BCUT2D eigenvalue weighted by Crippen LogP contribution is -2.58. The van der Waals surface area contributed by atoms with Crippen LogP contribution in [0.25, 0.3) is 22.0 Å². The molecule has 1 fully saturated rings. The smallest absolute Gasteiger partial charge is 0.379 e. The molecule has 0 saturated carbocycles. The SMILES string of the molecule is C=CC(=O)N1[C@H](C)CN(c2nc(=O)n3c4c(c(-c5ccc(F)cc5C#N)c(C(F)(F)F)cc24)SC[C@@H](OC)C3)C[C@@H]1C. The molecule has 0 aliphatic carbocycles. The number of hydrogen-bond acceptors (Lipinski definition) is 7. The normalized spacial score (nSPS) is 20.8. The lowest BCUT2D eigenvalue weighted by Gasteiger charge is -2.44. The zero-order chi connectivity index (χ0) is 30.5. The minimum absolute atomic E-state index is 0.0485. The number of methoxy groups -OCH3 is 1. The first-order chi connectivity index (χ1) is 19.9. The summed E-state index contributed by atoms with van der Waals surface area (Å²) in [6.07, 6.45) is -4.18. The fraction of sp³-hybridized carbons (Fsp3) is 0.379. The fourth-order valence-electron chi connectivity index (χ4n) is 5.87. The van der Waals surface area contributed by atoms with Crippen LogP contribution in [0.15, 0.2) is 46.6 Å². The highest BCUT2D eigenvalue weighted by Gasteiger charge is 2.40. The van der Waals surface area contributed by atoms with Crippen molar-refractivity contribution in [2.24, 2.45) is 0 Å². The van der Waals surface area contributed by atoms with Gasteiger partial charge in [-0.15, -0.1) is 11.8 Å². The molecule has 1 aromatic heterocycles. The van der Waals surface area contributed by atoms with Crippen LogP contribution in [-0.4, -0.2) is 64.5 Å². The van der Waals surface area contributed by atoms with Gasteiger partial charge in [0.05, 0.1) is 35.4 Å². The summed E-state index contributed by atoms with van der Waals surface area (Å²) in [5.74, 6) is -0.737. The maximum Gasteiger partial charge on any atom is 0.417 e. The van der Waals surface area contributed by atoms with Crippen molar-refractivity contribution in [3.63, 3.8) is 0 Å². The molecule has 5 rings (SSSR count). The summed E-state index contributed by atoms with van der Waals surface area (Å²) < 4.78 is 65.5. The number of aromatic nitrogens is 2. The van der Waals surface area contributed by atoms with Gasteiger partial charge in [-0.05, 0) is 38.1 Å². The van der Waals surface area contributed by atoms with Gasteiger partial charge in [0.25, 0.3) is 0 Å². The van der Waals surface area contributed by atoms with E-state index in [1.54, 1.807) is 9.80 Å². The number of amides is 1. The van der Waals surface area contributed by atoms with Crippen LogP contribution in [-0.2, 0) is 22.3 Å². The molecule has 1 saturated heterocycles. The zero-order valence-electron chi connectivity index (χ0n) is 23.0. The van der Waals surface area contributed by atoms with E-state index in [1.165, 1.54) is 17.8 Å². The fourth-order valence-corrected chi connectivity index (χ4v) is 7.19. The molecule has 0 spiro atoms. The molecular weight excluding hydrogens is 574 g/mol. The van der Waals surface area contributed by atoms with E-state index in [4.69, 9.17) is 4.74 Å². The number of ether oxygens (including phenoxy) is 1. The Morgan fingerprint density at radius 1 is 1.21 bits per heavy atom. The number of benzene rings is 2. The van der Waals surface area contributed by atoms with Gasteiger partial charge in [-0.25, -0.2) is 9.18 Å². The van der Waals surface area contributed by atoms with E-state index >= 15 is 0 Å². The molecule has 0 unspecified atom stereocenters. The minimum atomic E-state index is -4.87. The van der Waals surface area contributed by atoms with Crippen molar-refractivity contribution in [2.45, 2.75) is 49.7 Å². The Kier molecular flexibility index (Phi) is 7.80. The van der Waals surface area contributed by atoms with E-state index in [0.717, 1.165) is 36.0 Å². The largest absolute Gasteiger partial charge is 0.417 e. The van der Waals surface area contributed by atoms with Crippen molar-refractivity contribution in [3.05, 3.63) is 64.3 Å². The molecule has 0 radical (unpaired) electrons. The second-order valence-corrected chi connectivity index (χ2v) is 11.4. The van der Waals surface area contributed by atoms with E-state index < -0.39 is 29.4 Å². The Morgan fingerprint density at radius 2 is 1.90 bits per heavy atom. The number of nitriles is 1. The maximum atomic E-state index is 14.9. The number of piperazine rings is 1. The summed E-state index contributed by atoms with van der Waals surface area (Å²) in [4.78, 5) is 33.8. The minimum Gasteiger partial charge on any atom is -0.379 e. The summed E-state index contributed by atoms with van der Waals surface area (Å²) in [5, 5.41) is 9.84. The van der Waals surface area contributed by atoms with Gasteiger partial charge in [-0.3, -0.25) is 9.36 Å². The molecule has 220 valence electrons. The average molecular weight is 602 g/mol. The van der Waals surface area contributed by atoms with Crippen LogP contribution in [0, 0.1) is 17.1 Å². The monoisotopic (exact) mass is 601 g/mol. The molecule has 3 aromatic rings. The van der Waals surface area contributed by atoms with Crippen LogP contribution in [0.3, 0.4) is 0 Å². The highest BCUT2D eigenvalue weighted by molar-refractivity contribution is 7.99. The van der Waals surface area contributed by atoms with Crippen LogP contribution in [0.1, 0.15) is 25.0 Å². The lowest BCUT2D eigenvalue weighted by molar-refractivity contribution is -0.137. The topological polar surface area (TPSA) is 91.5 Å². The summed E-state index contributed by atoms with van der Waals surface area (Å²) in [7, 11) is 1.45. The molecule has 3 atom stereocenters. The van der Waals surface area contributed by atoms with Crippen LogP contribution < -0.4 is 10.6 Å². The van der Waals surface area contributed by atoms with E-state index in [-0.39, 0.29) is 81.7 Å². The second kappa shape index (κ2) is 11.1. The number of alkyl halides is 3. The summed E-state index contributed by atoms with van der Waals surface area (Å²) in [6.45, 7) is 7.66. The van der Waals surface area contributed by atoms with Gasteiger partial charge >= 0.3 is 11.9 Å². The van der Waals surface area contributed by atoms with Gasteiger partial charge in [0.2, 0.25) is 5.91 Å². The average Bonchev–Trinajstić information content (AvgIpc) is 3.14. The number of thioether (sulfide) groups is 1. The Morgan fingerprint density at radius 3 is 2.50 bits per heavy atom. The number of hydrogen-bond donors (Lipinski definition) is 0. The summed E-state index contributed by atoms with van der Waals surface area (Å²) in [6, 6.07) is 5.13. The van der Waals surface area contributed by atoms with Crippen LogP contribution in [0.5, 0.6) is 0 Å². The van der Waals surface area contributed by atoms with E-state index in [0.29, 0.717) is 0 Å². The van der Waals surface area contributed by atoms with Crippen molar-refractivity contribution >= 4 is 34.4 Å². The Labute approximate surface area is 243 Å². The Balaban J connectivity index is 1.85. The van der Waals surface area contributed by atoms with Crippen LogP contribution >= 0.6 is 11.8 Å². The molecule has 42 heavy (non-hydrogen) atoms. The van der Waals surface area contributed by atoms with E-state index in [2.05, 4.69) is 11.6 Å². The number of anilines is 1. The van der Waals surface area contributed by atoms with Crippen molar-refractivity contribution < 1.29 is 27.1 Å². The Hall–Kier alpha value is -3.89. The van der Waals surface area contributed by atoms with Gasteiger partial charge in [-0.1, -0.05) is 12.6 Å². The van der Waals surface area contributed by atoms with Gasteiger partial charge < -0.3 is 14.5 Å². The number of rotatable bonds is 4. The van der Waals surface area contributed by atoms with E-state index in [1.807, 2.05) is 19.9 Å². The third kappa shape index (κ3) is 5.03. The highest BCUT2D eigenvalue weighted by Crippen LogP contribution is 2.49. The summed E-state index contributed by atoms with van der Waals surface area (Å²) in [5.41, 5.74) is -2.14. The third-order valence-electron chi connectivity index (χ3n) is 7.66. The maximum absolute atomic E-state index is 14.9. The van der Waals surface area contributed by atoms with Crippen molar-refractivity contribution in [1.82, 2.24) is 14.5 Å². The van der Waals surface area contributed by atoms with Crippen molar-refractivity contribution in [2.75, 3.05) is 30.9 Å². The predicted octanol–water partition coefficient (Wildman–Crippen LogP) is 4.83. The molecule has 13 heteroatoms. The molecule has 2 aliphatic rings. The molecular formula is C29H27F4N5O3S. The molecule has 1 amide bonds. The molecule has 2 aliphatic heterocycles. The van der Waals surface area contributed by atoms with Crippen LogP contribution in [0.4, 0.5) is 23.4 Å². The predicted molar refractivity (Wildman–Crippen MR) is 151 cm³/mol. The van der Waals surface area contributed by atoms with E-state index in [9.17, 15) is 32.4 Å². The Bertz CT molecular complexity index is 1690. The highest BCUT2D eigenvalue weighted by atomic mass is 32.2. The quantitative estimate of drug-likeness (QED) is 0.313. The zero-order valence-corrected chi connectivity index (χ0v) is 23.9. The van der Waals surface area contributed by atoms with Crippen molar-refractivity contribution in [1.29, 1.82) is 5.26 Å². The van der Waals surface area contributed by atoms with Crippen LogP contribution in [0.2, 0.25) is 0 Å². The lowest BCUT2D eigenvalue weighted by atomic mass is 9.93. The molecule has 2 aromatic carbocycles. The molecule has 0 N–H and O–H groups in total. The molecule has 3 heterocycles. The third-order valence-corrected chi connectivity index (χ3v) is 8.88. The first-order valence-electron chi connectivity index (χ1n) is 13.1. The molecule has 0 bridgehead atoms. The summed E-state index contributed by atoms with van der Waals surface area (Å²) >= 11 is 1.08.